The molecule has 0 aliphatic carbocycles. The molecule has 2 amide bonds. The number of amides is 2. The van der Waals surface area contributed by atoms with Gasteiger partial charge in [-0.15, -0.1) is 11.8 Å². The molecule has 0 bridgehead atoms. The van der Waals surface area contributed by atoms with Crippen LogP contribution in [-0.2, 0) is 28.3 Å². The molecule has 0 saturated heterocycles. The molecule has 0 heterocycles. The maximum Gasteiger partial charge on any atom is 0.243 e. The Hall–Kier alpha value is -3.05. The lowest BCUT2D eigenvalue weighted by Gasteiger charge is -2.34. The number of benzene rings is 3. The van der Waals surface area contributed by atoms with E-state index in [4.69, 9.17) is 0 Å². The summed E-state index contributed by atoms with van der Waals surface area (Å²) in [4.78, 5) is 29.1. The van der Waals surface area contributed by atoms with Crippen LogP contribution in [0.2, 0.25) is 0 Å². The van der Waals surface area contributed by atoms with E-state index in [2.05, 4.69) is 42.6 Å². The number of aryl methyl sites for hydroxylation is 2. The van der Waals surface area contributed by atoms with Crippen molar-refractivity contribution in [1.29, 1.82) is 0 Å². The van der Waals surface area contributed by atoms with Gasteiger partial charge < -0.3 is 10.2 Å². The number of thioether (sulfide) groups is 1. The van der Waals surface area contributed by atoms with Crippen LogP contribution in [0.1, 0.15) is 48.6 Å². The number of rotatable bonds is 10. The summed E-state index contributed by atoms with van der Waals surface area (Å²) in [5.74, 6) is 0.907. The Balaban J connectivity index is 1.86. The second-order valence-corrected chi connectivity index (χ2v) is 11.4. The second kappa shape index (κ2) is 12.8. The molecule has 1 atom stereocenters. The van der Waals surface area contributed by atoms with Crippen molar-refractivity contribution in [3.05, 3.63) is 107 Å². The summed E-state index contributed by atoms with van der Waals surface area (Å²) >= 11 is 1.59. The third-order valence-corrected chi connectivity index (χ3v) is 6.81. The molecule has 0 unspecified atom stereocenters. The van der Waals surface area contributed by atoms with E-state index in [1.165, 1.54) is 11.1 Å². The quantitative estimate of drug-likeness (QED) is 0.365. The van der Waals surface area contributed by atoms with Gasteiger partial charge in [0.15, 0.2) is 0 Å². The average Bonchev–Trinajstić information content (AvgIpc) is 2.82. The van der Waals surface area contributed by atoms with Crippen molar-refractivity contribution in [1.82, 2.24) is 10.2 Å². The molecular weight excluding hydrogens is 464 g/mol. The molecule has 4 nitrogen and oxygen atoms in total. The van der Waals surface area contributed by atoms with Crippen molar-refractivity contribution in [3.8, 4) is 0 Å². The first-order valence-electron chi connectivity index (χ1n) is 12.4. The Morgan fingerprint density at radius 1 is 0.833 bits per heavy atom. The summed E-state index contributed by atoms with van der Waals surface area (Å²) in [5, 5.41) is 3.12. The molecule has 190 valence electrons. The first kappa shape index (κ1) is 27.5. The highest BCUT2D eigenvalue weighted by Gasteiger charge is 2.32. The SMILES string of the molecule is Cc1ccc(CSCC(=O)N(Cc2cccc(C)c2)[C@H](Cc2ccccc2)C(=O)NC(C)(C)C)cc1. The van der Waals surface area contributed by atoms with Crippen molar-refractivity contribution in [3.63, 3.8) is 0 Å². The number of carbonyl (C=O) groups excluding carboxylic acids is 2. The monoisotopic (exact) mass is 502 g/mol. The van der Waals surface area contributed by atoms with Crippen LogP contribution in [0, 0.1) is 13.8 Å². The summed E-state index contributed by atoms with van der Waals surface area (Å²) < 4.78 is 0. The first-order chi connectivity index (χ1) is 17.1. The Morgan fingerprint density at radius 2 is 1.50 bits per heavy atom. The molecule has 36 heavy (non-hydrogen) atoms. The maximum atomic E-state index is 13.7. The molecule has 0 aliphatic rings. The molecule has 5 heteroatoms. The minimum atomic E-state index is -0.611. The highest BCUT2D eigenvalue weighted by atomic mass is 32.2. The van der Waals surface area contributed by atoms with Crippen LogP contribution in [0.3, 0.4) is 0 Å². The number of carbonyl (C=O) groups is 2. The lowest BCUT2D eigenvalue weighted by atomic mass is 10.0. The predicted molar refractivity (Wildman–Crippen MR) is 151 cm³/mol. The summed E-state index contributed by atoms with van der Waals surface area (Å²) in [6, 6.07) is 25.9. The third kappa shape index (κ3) is 8.87. The molecular formula is C31H38N2O2S. The van der Waals surface area contributed by atoms with E-state index in [0.717, 1.165) is 22.4 Å². The second-order valence-electron chi connectivity index (χ2n) is 10.4. The topological polar surface area (TPSA) is 49.4 Å². The van der Waals surface area contributed by atoms with Crippen LogP contribution in [0.25, 0.3) is 0 Å². The van der Waals surface area contributed by atoms with Gasteiger partial charge in [-0.2, -0.15) is 0 Å². The van der Waals surface area contributed by atoms with E-state index in [9.17, 15) is 9.59 Å². The normalized spacial score (nSPS) is 12.1. The van der Waals surface area contributed by atoms with Crippen molar-refractivity contribution < 1.29 is 9.59 Å². The van der Waals surface area contributed by atoms with Crippen LogP contribution < -0.4 is 5.32 Å². The van der Waals surface area contributed by atoms with Crippen molar-refractivity contribution in [2.75, 3.05) is 5.75 Å². The van der Waals surface area contributed by atoms with Crippen LogP contribution >= 0.6 is 11.8 Å². The fourth-order valence-corrected chi connectivity index (χ4v) is 4.91. The lowest BCUT2D eigenvalue weighted by molar-refractivity contribution is -0.140. The van der Waals surface area contributed by atoms with Gasteiger partial charge in [-0.25, -0.2) is 0 Å². The minimum absolute atomic E-state index is 0.0291. The zero-order chi connectivity index (χ0) is 26.1. The number of nitrogens with one attached hydrogen (secondary N) is 1. The van der Waals surface area contributed by atoms with E-state index in [-0.39, 0.29) is 11.8 Å². The molecule has 0 radical (unpaired) electrons. The number of hydrogen-bond donors (Lipinski definition) is 1. The van der Waals surface area contributed by atoms with Crippen LogP contribution in [0.4, 0.5) is 0 Å². The van der Waals surface area contributed by atoms with Gasteiger partial charge in [-0.1, -0.05) is 90.0 Å². The third-order valence-electron chi connectivity index (χ3n) is 5.82. The maximum absolute atomic E-state index is 13.7. The Kier molecular flexibility index (Phi) is 9.77. The summed E-state index contributed by atoms with van der Waals surface area (Å²) in [5.41, 5.74) is 5.19. The minimum Gasteiger partial charge on any atom is -0.350 e. The number of nitrogens with zero attached hydrogens (tertiary/aromatic N) is 1. The molecule has 3 aromatic rings. The zero-order valence-corrected chi connectivity index (χ0v) is 22.9. The van der Waals surface area contributed by atoms with Gasteiger partial charge >= 0.3 is 0 Å². The van der Waals surface area contributed by atoms with E-state index < -0.39 is 11.6 Å². The highest BCUT2D eigenvalue weighted by Crippen LogP contribution is 2.20. The van der Waals surface area contributed by atoms with E-state index in [1.54, 1.807) is 16.7 Å². The van der Waals surface area contributed by atoms with Gasteiger partial charge in [-0.3, -0.25) is 9.59 Å². The Labute approximate surface area is 220 Å². The van der Waals surface area contributed by atoms with Crippen LogP contribution in [0.5, 0.6) is 0 Å². The van der Waals surface area contributed by atoms with Crippen LogP contribution in [-0.4, -0.2) is 34.0 Å². The Bertz CT molecular complexity index is 1140. The lowest BCUT2D eigenvalue weighted by Crippen LogP contribution is -2.54. The highest BCUT2D eigenvalue weighted by molar-refractivity contribution is 7.99. The predicted octanol–water partition coefficient (Wildman–Crippen LogP) is 6.09. The molecule has 0 saturated carbocycles. The summed E-state index contributed by atoms with van der Waals surface area (Å²) in [7, 11) is 0. The largest absolute Gasteiger partial charge is 0.350 e. The molecule has 0 spiro atoms. The fourth-order valence-electron chi connectivity index (χ4n) is 4.04. The number of hydrogen-bond acceptors (Lipinski definition) is 3. The molecule has 0 aromatic heterocycles. The zero-order valence-electron chi connectivity index (χ0n) is 22.1. The van der Waals surface area contributed by atoms with E-state index in [0.29, 0.717) is 18.7 Å². The van der Waals surface area contributed by atoms with Gasteiger partial charge in [0.25, 0.3) is 0 Å². The van der Waals surface area contributed by atoms with Gasteiger partial charge in [0, 0.05) is 24.3 Å². The first-order valence-corrected chi connectivity index (χ1v) is 13.6. The molecule has 1 N–H and O–H groups in total. The smallest absolute Gasteiger partial charge is 0.243 e. The molecule has 3 rings (SSSR count). The van der Waals surface area contributed by atoms with E-state index in [1.807, 2.05) is 76.2 Å². The average molecular weight is 503 g/mol. The van der Waals surface area contributed by atoms with Crippen molar-refractivity contribution >= 4 is 23.6 Å². The standard InChI is InChI=1S/C31H38N2O2S/c1-23-14-16-26(17-15-23)21-36-22-29(34)33(20-27-13-9-10-24(2)18-27)28(30(35)32-31(3,4)5)19-25-11-7-6-8-12-25/h6-18,28H,19-22H2,1-5H3,(H,32,35)/t28-/m1/s1. The van der Waals surface area contributed by atoms with Gasteiger partial charge in [0.1, 0.15) is 6.04 Å². The fraction of sp³-hybridized carbons (Fsp3) is 0.355. The Morgan fingerprint density at radius 3 is 2.14 bits per heavy atom. The molecule has 0 fully saturated rings. The van der Waals surface area contributed by atoms with Gasteiger partial charge in [-0.05, 0) is 51.3 Å². The summed E-state index contributed by atoms with van der Waals surface area (Å²) in [6.45, 7) is 10.4. The summed E-state index contributed by atoms with van der Waals surface area (Å²) in [6.07, 6.45) is 0.461. The molecule has 0 aliphatic heterocycles. The van der Waals surface area contributed by atoms with Gasteiger partial charge in [0.05, 0.1) is 5.75 Å². The molecule has 3 aromatic carbocycles. The van der Waals surface area contributed by atoms with E-state index >= 15 is 0 Å². The van der Waals surface area contributed by atoms with Crippen molar-refractivity contribution in [2.45, 2.75) is 64.9 Å². The van der Waals surface area contributed by atoms with Crippen molar-refractivity contribution in [2.24, 2.45) is 0 Å². The van der Waals surface area contributed by atoms with Crippen LogP contribution in [0.15, 0.2) is 78.9 Å². The van der Waals surface area contributed by atoms with Gasteiger partial charge in [0.2, 0.25) is 11.8 Å².